The maximum Gasteiger partial charge on any atom is 0.295 e. The Bertz CT molecular complexity index is 1060. The van der Waals surface area contributed by atoms with Crippen LogP contribution in [-0.2, 0) is 9.59 Å². The lowest BCUT2D eigenvalue weighted by Gasteiger charge is -2.31. The van der Waals surface area contributed by atoms with Crippen molar-refractivity contribution in [3.63, 3.8) is 0 Å². The number of nitrogens with one attached hydrogen (secondary N) is 1. The predicted octanol–water partition coefficient (Wildman–Crippen LogP) is 3.56. The van der Waals surface area contributed by atoms with Crippen molar-refractivity contribution >= 4 is 33.4 Å². The SMILES string of the molecule is CC(C)Oc1ccc(C(O)=C2C(=O)C(=O)N(CCN3CCNCC3)[C@@H]2c2ccc(Br)cc2)cc1. The van der Waals surface area contributed by atoms with Crippen LogP contribution >= 0.6 is 15.9 Å². The summed E-state index contributed by atoms with van der Waals surface area (Å²) in [4.78, 5) is 30.2. The van der Waals surface area contributed by atoms with E-state index in [0.29, 0.717) is 24.4 Å². The lowest BCUT2D eigenvalue weighted by atomic mass is 9.95. The van der Waals surface area contributed by atoms with E-state index in [0.717, 1.165) is 36.2 Å². The highest BCUT2D eigenvalue weighted by molar-refractivity contribution is 9.10. The fourth-order valence-electron chi connectivity index (χ4n) is 4.41. The average molecular weight is 528 g/mol. The standard InChI is InChI=1S/C26H30BrN3O4/c1-17(2)34-21-9-5-19(6-10-21)24(31)22-23(18-3-7-20(27)8-4-18)30(26(33)25(22)32)16-15-29-13-11-28-12-14-29/h3-10,17,23,28,31H,11-16H2,1-2H3/t23-/m1/s1. The topological polar surface area (TPSA) is 82.1 Å². The number of hydrogen-bond donors (Lipinski definition) is 2. The van der Waals surface area contributed by atoms with Gasteiger partial charge in [0.1, 0.15) is 11.5 Å². The molecule has 2 aliphatic heterocycles. The molecule has 2 heterocycles. The van der Waals surface area contributed by atoms with E-state index in [1.54, 1.807) is 29.2 Å². The molecule has 4 rings (SSSR count). The molecule has 34 heavy (non-hydrogen) atoms. The van der Waals surface area contributed by atoms with E-state index in [2.05, 4.69) is 26.1 Å². The predicted molar refractivity (Wildman–Crippen MR) is 135 cm³/mol. The monoisotopic (exact) mass is 527 g/mol. The van der Waals surface area contributed by atoms with Crippen LogP contribution in [0.4, 0.5) is 0 Å². The second kappa shape index (κ2) is 10.7. The van der Waals surface area contributed by atoms with Gasteiger partial charge < -0.3 is 20.1 Å². The van der Waals surface area contributed by atoms with Gasteiger partial charge in [0, 0.05) is 49.3 Å². The van der Waals surface area contributed by atoms with Gasteiger partial charge in [-0.3, -0.25) is 14.5 Å². The first-order valence-corrected chi connectivity index (χ1v) is 12.4. The third-order valence-corrected chi connectivity index (χ3v) is 6.62. The summed E-state index contributed by atoms with van der Waals surface area (Å²) in [6.07, 6.45) is 0.0258. The first kappa shape index (κ1) is 24.4. The van der Waals surface area contributed by atoms with Gasteiger partial charge in [-0.05, 0) is 55.8 Å². The highest BCUT2D eigenvalue weighted by Gasteiger charge is 2.46. The molecule has 1 amide bonds. The number of carbonyl (C=O) groups excluding carboxylic acids is 2. The summed E-state index contributed by atoms with van der Waals surface area (Å²) in [6, 6.07) is 13.8. The van der Waals surface area contributed by atoms with Gasteiger partial charge in [0.05, 0.1) is 17.7 Å². The minimum Gasteiger partial charge on any atom is -0.507 e. The van der Waals surface area contributed by atoms with Crippen LogP contribution in [0.5, 0.6) is 5.75 Å². The zero-order valence-electron chi connectivity index (χ0n) is 19.5. The summed E-state index contributed by atoms with van der Waals surface area (Å²) in [5, 5.41) is 14.5. The Labute approximate surface area is 208 Å². The average Bonchev–Trinajstić information content (AvgIpc) is 3.08. The van der Waals surface area contributed by atoms with Gasteiger partial charge in [0.2, 0.25) is 0 Å². The van der Waals surface area contributed by atoms with E-state index in [4.69, 9.17) is 4.74 Å². The summed E-state index contributed by atoms with van der Waals surface area (Å²) in [6.45, 7) is 8.57. The highest BCUT2D eigenvalue weighted by atomic mass is 79.9. The molecule has 2 aromatic carbocycles. The quantitative estimate of drug-likeness (QED) is 0.325. The number of ketones is 1. The summed E-state index contributed by atoms with van der Waals surface area (Å²) in [5.41, 5.74) is 1.37. The maximum absolute atomic E-state index is 13.2. The van der Waals surface area contributed by atoms with Gasteiger partial charge >= 0.3 is 0 Å². The van der Waals surface area contributed by atoms with Crippen molar-refractivity contribution < 1.29 is 19.4 Å². The number of hydrogen-bond acceptors (Lipinski definition) is 6. The van der Waals surface area contributed by atoms with Crippen molar-refractivity contribution in [1.82, 2.24) is 15.1 Å². The first-order valence-electron chi connectivity index (χ1n) is 11.6. The molecule has 0 unspecified atom stereocenters. The first-order chi connectivity index (χ1) is 16.3. The van der Waals surface area contributed by atoms with Crippen LogP contribution in [0.15, 0.2) is 58.6 Å². The minimum absolute atomic E-state index is 0.0258. The molecule has 0 aromatic heterocycles. The summed E-state index contributed by atoms with van der Waals surface area (Å²) < 4.78 is 6.58. The number of carbonyl (C=O) groups is 2. The van der Waals surface area contributed by atoms with Crippen molar-refractivity contribution in [3.05, 3.63) is 69.7 Å². The lowest BCUT2D eigenvalue weighted by Crippen LogP contribution is -2.46. The third kappa shape index (κ3) is 5.35. The van der Waals surface area contributed by atoms with Crippen LogP contribution in [-0.4, -0.2) is 72.0 Å². The number of ether oxygens (including phenoxy) is 1. The van der Waals surface area contributed by atoms with Crippen molar-refractivity contribution in [2.75, 3.05) is 39.3 Å². The van der Waals surface area contributed by atoms with Crippen LogP contribution in [0, 0.1) is 0 Å². The third-order valence-electron chi connectivity index (χ3n) is 6.09. The number of benzene rings is 2. The number of rotatable bonds is 7. The smallest absolute Gasteiger partial charge is 0.295 e. The zero-order valence-corrected chi connectivity index (χ0v) is 21.0. The molecule has 180 valence electrons. The molecule has 2 fully saturated rings. The number of halogens is 1. The van der Waals surface area contributed by atoms with Crippen LogP contribution in [0.3, 0.4) is 0 Å². The molecule has 8 heteroatoms. The Balaban J connectivity index is 1.69. The van der Waals surface area contributed by atoms with Gasteiger partial charge in [-0.15, -0.1) is 0 Å². The number of aliphatic hydroxyl groups is 1. The van der Waals surface area contributed by atoms with Crippen molar-refractivity contribution in [2.45, 2.75) is 26.0 Å². The summed E-state index contributed by atoms with van der Waals surface area (Å²) >= 11 is 3.45. The van der Waals surface area contributed by atoms with E-state index in [9.17, 15) is 14.7 Å². The number of amides is 1. The largest absolute Gasteiger partial charge is 0.507 e. The lowest BCUT2D eigenvalue weighted by molar-refractivity contribution is -0.140. The fraction of sp³-hybridized carbons (Fsp3) is 0.385. The molecule has 0 spiro atoms. The van der Waals surface area contributed by atoms with Crippen LogP contribution in [0.2, 0.25) is 0 Å². The van der Waals surface area contributed by atoms with Crippen molar-refractivity contribution in [2.24, 2.45) is 0 Å². The van der Waals surface area contributed by atoms with E-state index in [1.165, 1.54) is 0 Å². The van der Waals surface area contributed by atoms with Crippen LogP contribution in [0.1, 0.15) is 31.0 Å². The molecular formula is C26H30BrN3O4. The van der Waals surface area contributed by atoms with Gasteiger partial charge in [-0.2, -0.15) is 0 Å². The zero-order chi connectivity index (χ0) is 24.2. The number of Topliss-reactive ketones (excluding diaryl/α,β-unsaturated/α-hetero) is 1. The fourth-order valence-corrected chi connectivity index (χ4v) is 4.67. The van der Waals surface area contributed by atoms with Crippen molar-refractivity contribution in [3.8, 4) is 5.75 Å². The van der Waals surface area contributed by atoms with Gasteiger partial charge in [0.25, 0.3) is 11.7 Å². The normalized spacial score (nSPS) is 20.8. The Morgan fingerprint density at radius 1 is 1.06 bits per heavy atom. The Morgan fingerprint density at radius 3 is 2.32 bits per heavy atom. The summed E-state index contributed by atoms with van der Waals surface area (Å²) in [5.74, 6) is -0.739. The molecule has 0 bridgehead atoms. The van der Waals surface area contributed by atoms with E-state index in [-0.39, 0.29) is 17.4 Å². The molecule has 0 radical (unpaired) electrons. The Kier molecular flexibility index (Phi) is 7.70. The van der Waals surface area contributed by atoms with Crippen LogP contribution in [0.25, 0.3) is 5.76 Å². The van der Waals surface area contributed by atoms with Gasteiger partial charge in [-0.25, -0.2) is 0 Å². The molecular weight excluding hydrogens is 498 g/mol. The van der Waals surface area contributed by atoms with E-state index in [1.807, 2.05) is 38.1 Å². The number of piperazine rings is 1. The number of aliphatic hydroxyl groups excluding tert-OH is 1. The number of likely N-dealkylation sites (tertiary alicyclic amines) is 1. The molecule has 0 saturated carbocycles. The van der Waals surface area contributed by atoms with E-state index >= 15 is 0 Å². The molecule has 2 aromatic rings. The molecule has 0 aliphatic carbocycles. The molecule has 1 atom stereocenters. The maximum atomic E-state index is 13.2. The van der Waals surface area contributed by atoms with Gasteiger partial charge in [0.15, 0.2) is 0 Å². The van der Waals surface area contributed by atoms with E-state index < -0.39 is 17.7 Å². The molecule has 7 nitrogen and oxygen atoms in total. The summed E-state index contributed by atoms with van der Waals surface area (Å²) in [7, 11) is 0. The highest BCUT2D eigenvalue weighted by Crippen LogP contribution is 2.39. The Hall–Kier alpha value is -2.68. The van der Waals surface area contributed by atoms with Gasteiger partial charge in [-0.1, -0.05) is 28.1 Å². The van der Waals surface area contributed by atoms with Crippen molar-refractivity contribution in [1.29, 1.82) is 0 Å². The van der Waals surface area contributed by atoms with Crippen LogP contribution < -0.4 is 10.1 Å². The Morgan fingerprint density at radius 2 is 1.71 bits per heavy atom. The number of nitrogens with zero attached hydrogens (tertiary/aromatic N) is 2. The second-order valence-corrected chi connectivity index (χ2v) is 9.74. The molecule has 2 aliphatic rings. The second-order valence-electron chi connectivity index (χ2n) is 8.83. The minimum atomic E-state index is -0.659. The molecule has 2 saturated heterocycles. The molecule has 2 N–H and O–H groups in total.